The van der Waals surface area contributed by atoms with Crippen molar-refractivity contribution in [2.45, 2.75) is 6.54 Å². The van der Waals surface area contributed by atoms with Crippen LogP contribution in [0.15, 0.2) is 48.9 Å². The number of benzene rings is 1. The minimum absolute atomic E-state index is 0.287. The molecule has 4 aromatic rings. The van der Waals surface area contributed by atoms with Gasteiger partial charge in [0.05, 0.1) is 11.9 Å². The number of ether oxygens (including phenoxy) is 2. The SMILES string of the molecule is c1cncc(-c2cn3nc(NCc4ccc5c(c4)OCO5)sc3n2)c1. The van der Waals surface area contributed by atoms with Crippen LogP contribution in [-0.2, 0) is 6.54 Å². The molecular weight excluding hydrogens is 338 g/mol. The fraction of sp³-hybridized carbons (Fsp3) is 0.118. The van der Waals surface area contributed by atoms with Gasteiger partial charge in [-0.05, 0) is 29.8 Å². The number of hydrogen-bond donors (Lipinski definition) is 1. The van der Waals surface area contributed by atoms with E-state index >= 15 is 0 Å². The molecule has 1 aliphatic rings. The van der Waals surface area contributed by atoms with Crippen LogP contribution in [0.1, 0.15) is 5.56 Å². The van der Waals surface area contributed by atoms with Crippen molar-refractivity contribution in [3.8, 4) is 22.8 Å². The van der Waals surface area contributed by atoms with Gasteiger partial charge in [0.25, 0.3) is 0 Å². The lowest BCUT2D eigenvalue weighted by atomic mass is 10.2. The average Bonchev–Trinajstić information content (AvgIpc) is 3.34. The molecule has 5 rings (SSSR count). The third kappa shape index (κ3) is 2.66. The van der Waals surface area contributed by atoms with Crippen LogP contribution in [0.4, 0.5) is 5.13 Å². The Morgan fingerprint density at radius 3 is 3.04 bits per heavy atom. The largest absolute Gasteiger partial charge is 0.454 e. The number of fused-ring (bicyclic) bond motifs is 2. The fourth-order valence-corrected chi connectivity index (χ4v) is 3.43. The molecule has 8 heteroatoms. The lowest BCUT2D eigenvalue weighted by molar-refractivity contribution is 0.174. The maximum absolute atomic E-state index is 5.40. The fourth-order valence-electron chi connectivity index (χ4n) is 2.65. The summed E-state index contributed by atoms with van der Waals surface area (Å²) in [5, 5.41) is 8.67. The average molecular weight is 351 g/mol. The molecule has 0 amide bonds. The molecule has 1 aromatic carbocycles. The number of nitrogens with zero attached hydrogens (tertiary/aromatic N) is 4. The second kappa shape index (κ2) is 5.75. The first kappa shape index (κ1) is 14.2. The quantitative estimate of drug-likeness (QED) is 0.609. The third-order valence-corrected chi connectivity index (χ3v) is 4.76. The molecule has 7 nitrogen and oxygen atoms in total. The van der Waals surface area contributed by atoms with Gasteiger partial charge in [-0.25, -0.2) is 9.50 Å². The number of nitrogens with one attached hydrogen (secondary N) is 1. The molecule has 0 fully saturated rings. The van der Waals surface area contributed by atoms with Gasteiger partial charge < -0.3 is 14.8 Å². The number of hydrogen-bond acceptors (Lipinski definition) is 7. The summed E-state index contributed by atoms with van der Waals surface area (Å²) in [4.78, 5) is 9.57. The summed E-state index contributed by atoms with van der Waals surface area (Å²) in [6.07, 6.45) is 5.46. The molecule has 0 bridgehead atoms. The number of imidazole rings is 1. The van der Waals surface area contributed by atoms with E-state index in [0.717, 1.165) is 38.4 Å². The van der Waals surface area contributed by atoms with E-state index in [1.54, 1.807) is 16.9 Å². The highest BCUT2D eigenvalue weighted by Crippen LogP contribution is 2.33. The molecule has 3 aromatic heterocycles. The van der Waals surface area contributed by atoms with Crippen molar-refractivity contribution in [2.24, 2.45) is 0 Å². The Morgan fingerprint density at radius 1 is 1.20 bits per heavy atom. The van der Waals surface area contributed by atoms with Crippen molar-refractivity contribution >= 4 is 21.4 Å². The minimum Gasteiger partial charge on any atom is -0.454 e. The zero-order valence-electron chi connectivity index (χ0n) is 13.0. The summed E-state index contributed by atoms with van der Waals surface area (Å²) < 4.78 is 12.5. The highest BCUT2D eigenvalue weighted by Gasteiger charge is 2.14. The van der Waals surface area contributed by atoms with Gasteiger partial charge in [-0.3, -0.25) is 4.98 Å². The van der Waals surface area contributed by atoms with E-state index in [-0.39, 0.29) is 6.79 Å². The molecular formula is C17H13N5O2S. The molecule has 0 saturated heterocycles. The van der Waals surface area contributed by atoms with Crippen LogP contribution in [0.25, 0.3) is 16.2 Å². The Labute approximate surface area is 146 Å². The summed E-state index contributed by atoms with van der Waals surface area (Å²) in [6.45, 7) is 0.942. The van der Waals surface area contributed by atoms with Crippen molar-refractivity contribution in [2.75, 3.05) is 12.1 Å². The first-order valence-corrected chi connectivity index (χ1v) is 8.56. The van der Waals surface area contributed by atoms with Crippen LogP contribution in [0, 0.1) is 0 Å². The number of rotatable bonds is 4. The van der Waals surface area contributed by atoms with Gasteiger partial charge in [-0.1, -0.05) is 17.4 Å². The van der Waals surface area contributed by atoms with Gasteiger partial charge >= 0.3 is 0 Å². The maximum atomic E-state index is 5.40. The summed E-state index contributed by atoms with van der Waals surface area (Å²) in [5.74, 6) is 1.58. The molecule has 1 N–H and O–H groups in total. The first-order valence-electron chi connectivity index (χ1n) is 7.74. The lowest BCUT2D eigenvalue weighted by Crippen LogP contribution is -1.99. The minimum atomic E-state index is 0.287. The number of aromatic nitrogens is 4. The molecule has 25 heavy (non-hydrogen) atoms. The summed E-state index contributed by atoms with van der Waals surface area (Å²) in [6, 6.07) is 9.80. The molecule has 0 aliphatic carbocycles. The lowest BCUT2D eigenvalue weighted by Gasteiger charge is -2.03. The number of pyridine rings is 1. The van der Waals surface area contributed by atoms with Crippen molar-refractivity contribution < 1.29 is 9.47 Å². The molecule has 4 heterocycles. The van der Waals surface area contributed by atoms with E-state index in [2.05, 4.69) is 20.4 Å². The normalized spacial score (nSPS) is 12.6. The smallest absolute Gasteiger partial charge is 0.231 e. The zero-order chi connectivity index (χ0) is 16.6. The highest BCUT2D eigenvalue weighted by atomic mass is 32.1. The molecule has 0 radical (unpaired) electrons. The van der Waals surface area contributed by atoms with E-state index in [1.165, 1.54) is 11.3 Å². The predicted molar refractivity (Wildman–Crippen MR) is 94.0 cm³/mol. The second-order valence-electron chi connectivity index (χ2n) is 5.54. The van der Waals surface area contributed by atoms with Crippen molar-refractivity contribution in [1.29, 1.82) is 0 Å². The molecule has 1 aliphatic heterocycles. The predicted octanol–water partition coefficient (Wildman–Crippen LogP) is 3.19. The molecule has 0 saturated carbocycles. The topological polar surface area (TPSA) is 73.6 Å². The Balaban J connectivity index is 1.33. The van der Waals surface area contributed by atoms with Crippen LogP contribution in [-0.4, -0.2) is 26.4 Å². The van der Waals surface area contributed by atoms with E-state index in [0.29, 0.717) is 6.54 Å². The van der Waals surface area contributed by atoms with E-state index in [9.17, 15) is 0 Å². The van der Waals surface area contributed by atoms with E-state index < -0.39 is 0 Å². The second-order valence-corrected chi connectivity index (χ2v) is 6.50. The summed E-state index contributed by atoms with van der Waals surface area (Å²) in [7, 11) is 0. The Morgan fingerprint density at radius 2 is 2.16 bits per heavy atom. The van der Waals surface area contributed by atoms with Crippen molar-refractivity contribution in [3.05, 3.63) is 54.5 Å². The van der Waals surface area contributed by atoms with Crippen LogP contribution < -0.4 is 14.8 Å². The Bertz CT molecular complexity index is 1010. The van der Waals surface area contributed by atoms with E-state index in [4.69, 9.17) is 9.47 Å². The van der Waals surface area contributed by atoms with E-state index in [1.807, 2.05) is 36.5 Å². The third-order valence-electron chi connectivity index (χ3n) is 3.88. The van der Waals surface area contributed by atoms with Gasteiger partial charge in [-0.15, -0.1) is 5.10 Å². The zero-order valence-corrected chi connectivity index (χ0v) is 13.9. The van der Waals surface area contributed by atoms with Gasteiger partial charge in [0, 0.05) is 24.5 Å². The summed E-state index contributed by atoms with van der Waals surface area (Å²) >= 11 is 1.51. The maximum Gasteiger partial charge on any atom is 0.231 e. The molecule has 0 atom stereocenters. The molecule has 0 unspecified atom stereocenters. The molecule has 0 spiro atoms. The van der Waals surface area contributed by atoms with Gasteiger partial charge in [0.2, 0.25) is 16.9 Å². The van der Waals surface area contributed by atoms with Crippen molar-refractivity contribution in [1.82, 2.24) is 19.6 Å². The highest BCUT2D eigenvalue weighted by molar-refractivity contribution is 7.20. The van der Waals surface area contributed by atoms with Gasteiger partial charge in [0.1, 0.15) is 0 Å². The first-order chi connectivity index (χ1) is 12.3. The van der Waals surface area contributed by atoms with Gasteiger partial charge in [0.15, 0.2) is 11.5 Å². The van der Waals surface area contributed by atoms with Crippen LogP contribution in [0.2, 0.25) is 0 Å². The van der Waals surface area contributed by atoms with Crippen LogP contribution >= 0.6 is 11.3 Å². The van der Waals surface area contributed by atoms with Crippen LogP contribution in [0.3, 0.4) is 0 Å². The van der Waals surface area contributed by atoms with Crippen LogP contribution in [0.5, 0.6) is 11.5 Å². The van der Waals surface area contributed by atoms with Gasteiger partial charge in [-0.2, -0.15) is 0 Å². The monoisotopic (exact) mass is 351 g/mol. The number of anilines is 1. The standard InChI is InChI=1S/C17H13N5O2S/c1-2-12(8-18-5-1)13-9-22-17(20-13)25-16(21-22)19-7-11-3-4-14-15(6-11)24-10-23-14/h1-6,8-9H,7,10H2,(H,19,21). The van der Waals surface area contributed by atoms with Crippen molar-refractivity contribution in [3.63, 3.8) is 0 Å². The summed E-state index contributed by atoms with van der Waals surface area (Å²) in [5.41, 5.74) is 2.96. The molecule has 124 valence electrons. The Kier molecular flexibility index (Phi) is 3.27. The Hall–Kier alpha value is -3.13.